The van der Waals surface area contributed by atoms with E-state index in [2.05, 4.69) is 16.4 Å². The van der Waals surface area contributed by atoms with Crippen LogP contribution < -0.4 is 10.1 Å². The molecule has 128 valence electrons. The van der Waals surface area contributed by atoms with Crippen LogP contribution in [-0.2, 0) is 4.74 Å². The van der Waals surface area contributed by atoms with Crippen molar-refractivity contribution < 1.29 is 14.3 Å². The number of ether oxygens (including phenoxy) is 2. The minimum atomic E-state index is -0.633. The fraction of sp³-hybridized carbons (Fsp3) is 0.105. The Morgan fingerprint density at radius 2 is 2.31 bits per heavy atom. The number of methoxy groups -OCH3 is 1. The Kier molecular flexibility index (Phi) is 5.14. The molecule has 0 atom stereocenters. The van der Waals surface area contributed by atoms with Gasteiger partial charge in [0, 0.05) is 23.7 Å². The van der Waals surface area contributed by atoms with Gasteiger partial charge in [-0.25, -0.2) is 4.79 Å². The highest BCUT2D eigenvalue weighted by atomic mass is 35.5. The van der Waals surface area contributed by atoms with Crippen molar-refractivity contribution >= 4 is 34.3 Å². The predicted molar refractivity (Wildman–Crippen MR) is 98.0 cm³/mol. The van der Waals surface area contributed by atoms with Gasteiger partial charge in [-0.15, -0.1) is 0 Å². The van der Waals surface area contributed by atoms with Gasteiger partial charge in [-0.05, 0) is 12.1 Å². The van der Waals surface area contributed by atoms with Crippen LogP contribution in [-0.4, -0.2) is 24.8 Å². The van der Waals surface area contributed by atoms with Crippen LogP contribution in [0, 0.1) is 17.4 Å². The molecular weight excluding hydrogens is 354 g/mol. The summed E-state index contributed by atoms with van der Waals surface area (Å²) in [7, 11) is 1.47. The second kappa shape index (κ2) is 7.66. The van der Waals surface area contributed by atoms with E-state index < -0.39 is 6.09 Å². The van der Waals surface area contributed by atoms with Gasteiger partial charge in [0.25, 0.3) is 0 Å². The number of rotatable bonds is 4. The highest BCUT2D eigenvalue weighted by Gasteiger charge is 2.15. The second-order valence-corrected chi connectivity index (χ2v) is 5.66. The zero-order valence-electron chi connectivity index (χ0n) is 13.7. The number of benzene rings is 1. The van der Waals surface area contributed by atoms with Gasteiger partial charge >= 0.3 is 6.09 Å². The quantitative estimate of drug-likeness (QED) is 0.821. The van der Waals surface area contributed by atoms with Crippen LogP contribution in [0.3, 0.4) is 0 Å². The molecule has 1 aliphatic carbocycles. The topological polar surface area (TPSA) is 84.2 Å². The zero-order chi connectivity index (χ0) is 18.5. The Balaban J connectivity index is 1.81. The van der Waals surface area contributed by atoms with E-state index in [0.29, 0.717) is 22.3 Å². The van der Waals surface area contributed by atoms with Crippen LogP contribution >= 0.6 is 11.6 Å². The van der Waals surface area contributed by atoms with Crippen LogP contribution in [0.15, 0.2) is 48.2 Å². The van der Waals surface area contributed by atoms with Crippen molar-refractivity contribution in [3.63, 3.8) is 0 Å². The lowest BCUT2D eigenvalue weighted by Gasteiger charge is -2.12. The molecule has 1 aromatic carbocycles. The minimum Gasteiger partial charge on any atom is -0.495 e. The molecule has 0 fully saturated rings. The number of hydrogen-bond donors (Lipinski definition) is 1. The first-order chi connectivity index (χ1) is 12.6. The lowest BCUT2D eigenvalue weighted by molar-refractivity contribution is 0.172. The number of nitrogens with zero attached hydrogens (tertiary/aromatic N) is 2. The first kappa shape index (κ1) is 17.4. The molecule has 6 nitrogen and oxygen atoms in total. The Labute approximate surface area is 155 Å². The monoisotopic (exact) mass is 366 g/mol. The summed E-state index contributed by atoms with van der Waals surface area (Å²) in [5, 5.41) is 12.5. The van der Waals surface area contributed by atoms with Gasteiger partial charge in [-0.1, -0.05) is 11.6 Å². The molecule has 0 saturated carbocycles. The summed E-state index contributed by atoms with van der Waals surface area (Å²) >= 11 is 6.21. The fourth-order valence-corrected chi connectivity index (χ4v) is 2.59. The first-order valence-electron chi connectivity index (χ1n) is 7.57. The molecule has 0 spiro atoms. The molecule has 0 bridgehead atoms. The molecule has 7 heteroatoms. The number of pyridine rings is 1. The molecule has 1 N–H and O–H groups in total. The molecule has 0 unspecified atom stereocenters. The van der Waals surface area contributed by atoms with E-state index in [1.54, 1.807) is 24.3 Å². The van der Waals surface area contributed by atoms with Gasteiger partial charge in [0.05, 0.1) is 40.5 Å². The molecule has 1 aliphatic rings. The highest BCUT2D eigenvalue weighted by molar-refractivity contribution is 6.36. The van der Waals surface area contributed by atoms with Crippen molar-refractivity contribution in [3.05, 3.63) is 64.9 Å². The Morgan fingerprint density at radius 3 is 3.00 bits per heavy atom. The molecule has 3 rings (SSSR count). The number of fused-ring (bicyclic) bond motifs is 1. The van der Waals surface area contributed by atoms with E-state index in [1.165, 1.54) is 13.3 Å². The van der Waals surface area contributed by atoms with E-state index in [9.17, 15) is 4.79 Å². The number of anilines is 1. The number of carbonyl (C=O) groups excluding carboxylic acids is 1. The van der Waals surface area contributed by atoms with Crippen LogP contribution in [0.4, 0.5) is 10.5 Å². The third-order valence-corrected chi connectivity index (χ3v) is 4.03. The molecule has 0 saturated heterocycles. The number of halogens is 1. The number of amides is 1. The normalized spacial score (nSPS) is 12.1. The van der Waals surface area contributed by atoms with Crippen molar-refractivity contribution in [2.75, 3.05) is 19.0 Å². The number of hydrogen-bond acceptors (Lipinski definition) is 5. The summed E-state index contributed by atoms with van der Waals surface area (Å²) in [5.41, 5.74) is 1.99. The SMILES string of the molecule is COc1cc2c(Cl)c(C#N)cnc2cc1NC(=O)OCC1=CC=C[C+]=C1. The third kappa shape index (κ3) is 3.65. The van der Waals surface area contributed by atoms with Crippen molar-refractivity contribution in [3.8, 4) is 11.8 Å². The van der Waals surface area contributed by atoms with E-state index in [0.717, 1.165) is 5.57 Å². The van der Waals surface area contributed by atoms with Crippen LogP contribution in [0.2, 0.25) is 5.02 Å². The average Bonchev–Trinajstić information content (AvgIpc) is 2.67. The molecule has 26 heavy (non-hydrogen) atoms. The standard InChI is InChI=1S/C19H12ClN3O3/c1-25-17-7-14-15(22-10-13(9-21)18(14)20)8-16(17)23-19(24)26-11-12-5-3-2-4-6-12/h2-3,5-8,10H,11H2,1H3/p+1. The lowest BCUT2D eigenvalue weighted by Crippen LogP contribution is -2.15. The number of nitrogens with one attached hydrogen (secondary N) is 1. The summed E-state index contributed by atoms with van der Waals surface area (Å²) in [5.74, 6) is 0.376. The molecule has 1 aromatic heterocycles. The first-order valence-corrected chi connectivity index (χ1v) is 7.95. The van der Waals surface area contributed by atoms with Crippen LogP contribution in [0.5, 0.6) is 5.75 Å². The molecule has 0 radical (unpaired) electrons. The van der Waals surface area contributed by atoms with Gasteiger partial charge in [0.1, 0.15) is 24.0 Å². The molecule has 0 aliphatic heterocycles. The Morgan fingerprint density at radius 1 is 1.46 bits per heavy atom. The lowest BCUT2D eigenvalue weighted by atomic mass is 10.1. The number of nitriles is 1. The summed E-state index contributed by atoms with van der Waals surface area (Å²) in [4.78, 5) is 16.3. The van der Waals surface area contributed by atoms with Gasteiger partial charge in [-0.3, -0.25) is 10.3 Å². The Bertz CT molecular complexity index is 1000. The van der Waals surface area contributed by atoms with E-state index >= 15 is 0 Å². The molecule has 1 heterocycles. The maximum atomic E-state index is 12.1. The summed E-state index contributed by atoms with van der Waals surface area (Å²) < 4.78 is 10.5. The van der Waals surface area contributed by atoms with Gasteiger partial charge in [0.2, 0.25) is 0 Å². The summed E-state index contributed by atoms with van der Waals surface area (Å²) in [6.45, 7) is 0.120. The van der Waals surface area contributed by atoms with E-state index in [4.69, 9.17) is 26.3 Å². The number of allylic oxidation sites excluding steroid dienone is 4. The fourth-order valence-electron chi connectivity index (χ4n) is 2.35. The van der Waals surface area contributed by atoms with Crippen molar-refractivity contribution in [1.82, 2.24) is 4.98 Å². The number of carbonyl (C=O) groups is 1. The van der Waals surface area contributed by atoms with Gasteiger partial charge in [-0.2, -0.15) is 5.26 Å². The van der Waals surface area contributed by atoms with Gasteiger partial charge in [0.15, 0.2) is 6.61 Å². The molecule has 1 amide bonds. The predicted octanol–water partition coefficient (Wildman–Crippen LogP) is 4.17. The van der Waals surface area contributed by atoms with Crippen molar-refractivity contribution in [2.45, 2.75) is 0 Å². The second-order valence-electron chi connectivity index (χ2n) is 5.28. The summed E-state index contributed by atoms with van der Waals surface area (Å²) in [6.07, 6.45) is 10.8. The van der Waals surface area contributed by atoms with Crippen LogP contribution in [0.25, 0.3) is 10.9 Å². The van der Waals surface area contributed by atoms with Crippen molar-refractivity contribution in [1.29, 1.82) is 5.26 Å². The van der Waals surface area contributed by atoms with Crippen LogP contribution in [0.1, 0.15) is 5.56 Å². The zero-order valence-corrected chi connectivity index (χ0v) is 14.5. The number of aromatic nitrogens is 1. The highest BCUT2D eigenvalue weighted by Crippen LogP contribution is 2.34. The van der Waals surface area contributed by atoms with E-state index in [1.807, 2.05) is 18.2 Å². The van der Waals surface area contributed by atoms with Gasteiger partial charge < -0.3 is 9.47 Å². The molecule has 2 aromatic rings. The Hall–Kier alpha value is -3.39. The third-order valence-electron chi connectivity index (χ3n) is 3.62. The van der Waals surface area contributed by atoms with E-state index in [-0.39, 0.29) is 17.2 Å². The minimum absolute atomic E-state index is 0.120. The maximum Gasteiger partial charge on any atom is 0.413 e. The van der Waals surface area contributed by atoms with Crippen molar-refractivity contribution in [2.24, 2.45) is 0 Å². The summed E-state index contributed by atoms with van der Waals surface area (Å²) in [6, 6.07) is 5.20. The smallest absolute Gasteiger partial charge is 0.413 e. The molecular formula is C19H13ClN3O3+. The maximum absolute atomic E-state index is 12.1. The largest absolute Gasteiger partial charge is 0.495 e. The average molecular weight is 367 g/mol.